The molecule has 17 heavy (non-hydrogen) atoms. The molecule has 0 amide bonds. The Kier molecular flexibility index (Phi) is 5.71. The molecule has 1 unspecified atom stereocenters. The summed E-state index contributed by atoms with van der Waals surface area (Å²) in [4.78, 5) is 2.46. The summed E-state index contributed by atoms with van der Waals surface area (Å²) in [5.74, 6) is 0.801. The van der Waals surface area contributed by atoms with E-state index in [4.69, 9.17) is 9.47 Å². The van der Waals surface area contributed by atoms with Crippen molar-refractivity contribution in [1.82, 2.24) is 10.2 Å². The minimum absolute atomic E-state index is 0.378. The maximum absolute atomic E-state index is 5.77. The predicted octanol–water partition coefficient (Wildman–Crippen LogP) is 0.723. The third-order valence-electron chi connectivity index (χ3n) is 3.82. The van der Waals surface area contributed by atoms with E-state index in [-0.39, 0.29) is 0 Å². The van der Waals surface area contributed by atoms with Crippen molar-refractivity contribution >= 4 is 0 Å². The maximum Gasteiger partial charge on any atom is 0.0826 e. The second-order valence-electron chi connectivity index (χ2n) is 5.10. The second-order valence-corrected chi connectivity index (χ2v) is 5.10. The minimum atomic E-state index is 0.378. The molecule has 2 fully saturated rings. The summed E-state index contributed by atoms with van der Waals surface area (Å²) < 4.78 is 11.1. The van der Waals surface area contributed by atoms with E-state index in [9.17, 15) is 0 Å². The van der Waals surface area contributed by atoms with Crippen LogP contribution in [0.15, 0.2) is 0 Å². The minimum Gasteiger partial charge on any atom is -0.381 e. The van der Waals surface area contributed by atoms with Crippen molar-refractivity contribution in [2.24, 2.45) is 5.92 Å². The monoisotopic (exact) mass is 242 g/mol. The lowest BCUT2D eigenvalue weighted by Gasteiger charge is -2.32. The Morgan fingerprint density at radius 3 is 2.76 bits per heavy atom. The number of ether oxygens (including phenoxy) is 2. The highest BCUT2D eigenvalue weighted by Gasteiger charge is 2.19. The molecule has 2 rings (SSSR count). The zero-order valence-electron chi connectivity index (χ0n) is 11.0. The van der Waals surface area contributed by atoms with Crippen molar-refractivity contribution < 1.29 is 9.47 Å². The summed E-state index contributed by atoms with van der Waals surface area (Å²) in [6, 6.07) is 0. The van der Waals surface area contributed by atoms with E-state index >= 15 is 0 Å². The van der Waals surface area contributed by atoms with Crippen LogP contribution in [0.1, 0.15) is 19.8 Å². The van der Waals surface area contributed by atoms with Gasteiger partial charge in [0.05, 0.1) is 12.7 Å². The highest BCUT2D eigenvalue weighted by molar-refractivity contribution is 4.74. The first kappa shape index (κ1) is 13.3. The molecule has 2 saturated heterocycles. The van der Waals surface area contributed by atoms with Crippen molar-refractivity contribution in [3.8, 4) is 0 Å². The van der Waals surface area contributed by atoms with Crippen LogP contribution >= 0.6 is 0 Å². The van der Waals surface area contributed by atoms with Gasteiger partial charge in [0.1, 0.15) is 0 Å². The number of rotatable bonds is 5. The molecule has 2 aliphatic rings. The van der Waals surface area contributed by atoms with Gasteiger partial charge >= 0.3 is 0 Å². The normalized spacial score (nSPS) is 28.4. The van der Waals surface area contributed by atoms with Crippen LogP contribution < -0.4 is 5.32 Å². The third-order valence-corrected chi connectivity index (χ3v) is 3.82. The molecule has 0 aromatic heterocycles. The molecule has 4 heteroatoms. The number of hydrogen-bond acceptors (Lipinski definition) is 4. The fourth-order valence-corrected chi connectivity index (χ4v) is 2.59. The van der Waals surface area contributed by atoms with Crippen LogP contribution in [0.5, 0.6) is 0 Å². The fourth-order valence-electron chi connectivity index (χ4n) is 2.59. The van der Waals surface area contributed by atoms with Crippen molar-refractivity contribution in [2.75, 3.05) is 52.5 Å². The smallest absolute Gasteiger partial charge is 0.0826 e. The fraction of sp³-hybridized carbons (Fsp3) is 1.00. The first-order valence-corrected chi connectivity index (χ1v) is 7.01. The van der Waals surface area contributed by atoms with Gasteiger partial charge in [-0.1, -0.05) is 6.92 Å². The predicted molar refractivity (Wildman–Crippen MR) is 68.3 cm³/mol. The summed E-state index contributed by atoms with van der Waals surface area (Å²) in [6.45, 7) is 10.4. The molecule has 100 valence electrons. The van der Waals surface area contributed by atoms with Crippen molar-refractivity contribution in [3.05, 3.63) is 0 Å². The van der Waals surface area contributed by atoms with Gasteiger partial charge < -0.3 is 14.8 Å². The molecule has 0 aromatic rings. The molecule has 1 atom stereocenters. The molecule has 1 N–H and O–H groups in total. The summed E-state index contributed by atoms with van der Waals surface area (Å²) in [5, 5.41) is 3.56. The van der Waals surface area contributed by atoms with Crippen LogP contribution in [-0.2, 0) is 9.47 Å². The maximum atomic E-state index is 5.77. The lowest BCUT2D eigenvalue weighted by Crippen LogP contribution is -2.47. The van der Waals surface area contributed by atoms with E-state index in [1.165, 1.54) is 12.8 Å². The molecule has 2 heterocycles. The zero-order chi connectivity index (χ0) is 11.9. The molecule has 0 aliphatic carbocycles. The molecule has 0 spiro atoms. The van der Waals surface area contributed by atoms with Gasteiger partial charge in [-0.25, -0.2) is 0 Å². The van der Waals surface area contributed by atoms with Crippen LogP contribution in [0.4, 0.5) is 0 Å². The van der Waals surface area contributed by atoms with E-state index in [0.717, 1.165) is 58.5 Å². The lowest BCUT2D eigenvalue weighted by molar-refractivity contribution is -0.0261. The van der Waals surface area contributed by atoms with E-state index in [2.05, 4.69) is 17.1 Å². The van der Waals surface area contributed by atoms with Gasteiger partial charge in [0.15, 0.2) is 0 Å². The zero-order valence-corrected chi connectivity index (χ0v) is 11.0. The Balaban J connectivity index is 1.57. The molecule has 2 aliphatic heterocycles. The summed E-state index contributed by atoms with van der Waals surface area (Å²) in [6.07, 6.45) is 2.79. The van der Waals surface area contributed by atoms with Crippen LogP contribution in [-0.4, -0.2) is 63.5 Å². The molecule has 4 nitrogen and oxygen atoms in total. The number of nitrogens with one attached hydrogen (secondary N) is 1. The van der Waals surface area contributed by atoms with E-state index < -0.39 is 0 Å². The molecule has 0 radical (unpaired) electrons. The van der Waals surface area contributed by atoms with E-state index in [1.54, 1.807) is 0 Å². The lowest BCUT2D eigenvalue weighted by atomic mass is 10.0. The van der Waals surface area contributed by atoms with Gasteiger partial charge in [0, 0.05) is 32.8 Å². The van der Waals surface area contributed by atoms with Crippen LogP contribution in [0.3, 0.4) is 0 Å². The number of hydrogen-bond donors (Lipinski definition) is 1. The Morgan fingerprint density at radius 1 is 1.18 bits per heavy atom. The topological polar surface area (TPSA) is 33.7 Å². The Labute approximate surface area is 105 Å². The number of nitrogens with zero attached hydrogens (tertiary/aromatic N) is 1. The van der Waals surface area contributed by atoms with Gasteiger partial charge in [-0.15, -0.1) is 0 Å². The number of morpholine rings is 1. The van der Waals surface area contributed by atoms with Gasteiger partial charge in [-0.2, -0.15) is 0 Å². The second kappa shape index (κ2) is 7.31. The van der Waals surface area contributed by atoms with Crippen molar-refractivity contribution in [1.29, 1.82) is 0 Å². The Morgan fingerprint density at radius 2 is 2.00 bits per heavy atom. The Bertz CT molecular complexity index is 208. The van der Waals surface area contributed by atoms with Crippen molar-refractivity contribution in [2.45, 2.75) is 25.9 Å². The number of likely N-dealkylation sites (N-methyl/N-ethyl adjacent to an activating group) is 1. The molecule has 0 bridgehead atoms. The molecular weight excluding hydrogens is 216 g/mol. The first-order chi connectivity index (χ1) is 8.38. The Hall–Kier alpha value is -0.160. The quantitative estimate of drug-likeness (QED) is 0.770. The van der Waals surface area contributed by atoms with Crippen molar-refractivity contribution in [3.63, 3.8) is 0 Å². The van der Waals surface area contributed by atoms with Gasteiger partial charge in [-0.3, -0.25) is 4.90 Å². The largest absolute Gasteiger partial charge is 0.381 e. The molecule has 0 aromatic carbocycles. The highest BCUT2D eigenvalue weighted by atomic mass is 16.5. The van der Waals surface area contributed by atoms with E-state index in [1.807, 2.05) is 0 Å². The first-order valence-electron chi connectivity index (χ1n) is 7.01. The molecule has 0 saturated carbocycles. The van der Waals surface area contributed by atoms with Gasteiger partial charge in [0.2, 0.25) is 0 Å². The standard InChI is InChI=1S/C13H26N2O2/c1-2-15-5-8-17-13(11-15)10-14-9-12-3-6-16-7-4-12/h12-14H,2-11H2,1H3. The highest BCUT2D eigenvalue weighted by Crippen LogP contribution is 2.13. The van der Waals surface area contributed by atoms with Crippen LogP contribution in [0, 0.1) is 5.92 Å². The summed E-state index contributed by atoms with van der Waals surface area (Å²) in [7, 11) is 0. The van der Waals surface area contributed by atoms with Gasteiger partial charge in [0.25, 0.3) is 0 Å². The SMILES string of the molecule is CCN1CCOC(CNCC2CCOCC2)C1. The van der Waals surface area contributed by atoms with Crippen LogP contribution in [0.25, 0.3) is 0 Å². The third kappa shape index (κ3) is 4.54. The van der Waals surface area contributed by atoms with Gasteiger partial charge in [-0.05, 0) is 31.8 Å². The summed E-state index contributed by atoms with van der Waals surface area (Å²) >= 11 is 0. The average molecular weight is 242 g/mol. The van der Waals surface area contributed by atoms with E-state index in [0.29, 0.717) is 6.10 Å². The van der Waals surface area contributed by atoms with Crippen LogP contribution in [0.2, 0.25) is 0 Å². The summed E-state index contributed by atoms with van der Waals surface area (Å²) in [5.41, 5.74) is 0. The average Bonchev–Trinajstić information content (AvgIpc) is 2.40. The molecular formula is C13H26N2O2.